The minimum atomic E-state index is -0.828. The minimum absolute atomic E-state index is 0.0157. The van der Waals surface area contributed by atoms with E-state index < -0.39 is 5.97 Å². The van der Waals surface area contributed by atoms with Crippen LogP contribution in [0, 0.1) is 17.2 Å². The summed E-state index contributed by atoms with van der Waals surface area (Å²) in [6.45, 7) is 2.32. The highest BCUT2D eigenvalue weighted by atomic mass is 35.5. The van der Waals surface area contributed by atoms with E-state index >= 15 is 0 Å². The van der Waals surface area contributed by atoms with E-state index in [9.17, 15) is 4.79 Å². The quantitative estimate of drug-likeness (QED) is 0.845. The third kappa shape index (κ3) is 3.97. The second kappa shape index (κ2) is 6.12. The zero-order valence-electron chi connectivity index (χ0n) is 9.40. The average molecular weight is 253 g/mol. The maximum atomic E-state index is 10.5. The number of carbonyl (C=O) groups is 1. The van der Waals surface area contributed by atoms with Crippen LogP contribution >= 0.6 is 11.6 Å². The van der Waals surface area contributed by atoms with Crippen LogP contribution in [0.5, 0.6) is 0 Å². The van der Waals surface area contributed by atoms with Gasteiger partial charge >= 0.3 is 5.97 Å². The Morgan fingerprint density at radius 1 is 1.65 bits per heavy atom. The van der Waals surface area contributed by atoms with Crippen LogP contribution in [-0.4, -0.2) is 17.6 Å². The van der Waals surface area contributed by atoms with Gasteiger partial charge in [-0.15, -0.1) is 0 Å². The lowest BCUT2D eigenvalue weighted by Gasteiger charge is -2.13. The fraction of sp³-hybridized carbons (Fsp3) is 0.333. The Morgan fingerprint density at radius 2 is 2.35 bits per heavy atom. The van der Waals surface area contributed by atoms with E-state index in [4.69, 9.17) is 22.0 Å². The van der Waals surface area contributed by atoms with Crippen molar-refractivity contribution in [2.45, 2.75) is 13.3 Å². The number of nitriles is 1. The molecule has 0 amide bonds. The Bertz CT molecular complexity index is 454. The molecule has 90 valence electrons. The molecule has 0 aliphatic carbocycles. The molecule has 0 heterocycles. The summed E-state index contributed by atoms with van der Waals surface area (Å²) in [5.41, 5.74) is 1.02. The molecule has 0 fully saturated rings. The Hall–Kier alpha value is -1.73. The lowest BCUT2D eigenvalue weighted by molar-refractivity contribution is -0.137. The van der Waals surface area contributed by atoms with Crippen LogP contribution in [0.4, 0.5) is 5.69 Å². The third-order valence-corrected chi connectivity index (χ3v) is 2.60. The molecule has 2 N–H and O–H groups in total. The van der Waals surface area contributed by atoms with Crippen molar-refractivity contribution < 1.29 is 9.90 Å². The maximum absolute atomic E-state index is 10.5. The van der Waals surface area contributed by atoms with Gasteiger partial charge in [-0.2, -0.15) is 5.26 Å². The van der Waals surface area contributed by atoms with E-state index in [-0.39, 0.29) is 12.3 Å². The summed E-state index contributed by atoms with van der Waals surface area (Å²) >= 11 is 5.87. The number of anilines is 1. The molecule has 1 atom stereocenters. The van der Waals surface area contributed by atoms with Crippen molar-refractivity contribution in [3.05, 3.63) is 28.8 Å². The van der Waals surface area contributed by atoms with Gasteiger partial charge in [0.25, 0.3) is 0 Å². The van der Waals surface area contributed by atoms with Crippen molar-refractivity contribution in [1.29, 1.82) is 5.26 Å². The third-order valence-electron chi connectivity index (χ3n) is 2.29. The topological polar surface area (TPSA) is 73.1 Å². The van der Waals surface area contributed by atoms with E-state index in [0.717, 1.165) is 0 Å². The Morgan fingerprint density at radius 3 is 2.94 bits per heavy atom. The maximum Gasteiger partial charge on any atom is 0.303 e. The number of hydrogen-bond donors (Lipinski definition) is 2. The highest BCUT2D eigenvalue weighted by Gasteiger charge is 2.10. The number of hydrogen-bond acceptors (Lipinski definition) is 3. The molecule has 0 aromatic heterocycles. The van der Waals surface area contributed by atoms with Gasteiger partial charge in [-0.3, -0.25) is 4.79 Å². The number of benzene rings is 1. The predicted octanol–water partition coefficient (Wildman–Crippen LogP) is 2.73. The number of nitrogens with one attached hydrogen (secondary N) is 1. The fourth-order valence-corrected chi connectivity index (χ4v) is 1.66. The summed E-state index contributed by atoms with van der Waals surface area (Å²) in [5, 5.41) is 21.0. The van der Waals surface area contributed by atoms with Crippen molar-refractivity contribution in [3.63, 3.8) is 0 Å². The predicted molar refractivity (Wildman–Crippen MR) is 66.1 cm³/mol. The van der Waals surface area contributed by atoms with Crippen molar-refractivity contribution in [2.24, 2.45) is 5.92 Å². The van der Waals surface area contributed by atoms with E-state index in [1.807, 2.05) is 13.0 Å². The van der Waals surface area contributed by atoms with Crippen LogP contribution in [0.3, 0.4) is 0 Å². The molecule has 5 heteroatoms. The molecule has 0 spiro atoms. The zero-order valence-corrected chi connectivity index (χ0v) is 10.2. The number of aliphatic carboxylic acids is 1. The smallest absolute Gasteiger partial charge is 0.303 e. The number of carboxylic acid groups (broad SMARTS) is 1. The molecule has 1 unspecified atom stereocenters. The van der Waals surface area contributed by atoms with Crippen LogP contribution in [0.25, 0.3) is 0 Å². The van der Waals surface area contributed by atoms with Gasteiger partial charge in [-0.1, -0.05) is 24.6 Å². The van der Waals surface area contributed by atoms with Gasteiger partial charge in [0.1, 0.15) is 6.07 Å². The first-order valence-electron chi connectivity index (χ1n) is 5.19. The molecule has 17 heavy (non-hydrogen) atoms. The lowest BCUT2D eigenvalue weighted by atomic mass is 10.1. The van der Waals surface area contributed by atoms with Gasteiger partial charge < -0.3 is 10.4 Å². The minimum Gasteiger partial charge on any atom is -0.481 e. The van der Waals surface area contributed by atoms with E-state index in [1.54, 1.807) is 18.2 Å². The molecule has 0 saturated carbocycles. The second-order valence-corrected chi connectivity index (χ2v) is 4.27. The molecule has 0 radical (unpaired) electrons. The molecule has 4 nitrogen and oxygen atoms in total. The van der Waals surface area contributed by atoms with Crippen LogP contribution in [0.1, 0.15) is 18.9 Å². The SMILES string of the molecule is CC(CNc1cccc(Cl)c1C#N)CC(=O)O. The Labute approximate surface area is 105 Å². The number of carboxylic acids is 1. The van der Waals surface area contributed by atoms with Gasteiger partial charge in [0.2, 0.25) is 0 Å². The molecule has 0 saturated heterocycles. The van der Waals surface area contributed by atoms with Gasteiger partial charge in [0.15, 0.2) is 0 Å². The standard InChI is InChI=1S/C12H13ClN2O2/c1-8(5-12(16)17)7-15-11-4-2-3-10(13)9(11)6-14/h2-4,8,15H,5,7H2,1H3,(H,16,17). The van der Waals surface area contributed by atoms with E-state index in [1.165, 1.54) is 0 Å². The second-order valence-electron chi connectivity index (χ2n) is 3.86. The lowest BCUT2D eigenvalue weighted by Crippen LogP contribution is -2.15. The Balaban J connectivity index is 2.67. The number of halogens is 1. The largest absolute Gasteiger partial charge is 0.481 e. The van der Waals surface area contributed by atoms with Crippen LogP contribution in [0.2, 0.25) is 5.02 Å². The van der Waals surface area contributed by atoms with Crippen LogP contribution in [-0.2, 0) is 4.79 Å². The molecular weight excluding hydrogens is 240 g/mol. The highest BCUT2D eigenvalue weighted by Crippen LogP contribution is 2.23. The van der Waals surface area contributed by atoms with Gasteiger partial charge in [0, 0.05) is 13.0 Å². The van der Waals surface area contributed by atoms with E-state index in [0.29, 0.717) is 22.8 Å². The summed E-state index contributed by atoms with van der Waals surface area (Å²) in [4.78, 5) is 10.5. The average Bonchev–Trinajstić information content (AvgIpc) is 2.25. The first-order valence-corrected chi connectivity index (χ1v) is 5.56. The van der Waals surface area contributed by atoms with Crippen molar-refractivity contribution in [2.75, 3.05) is 11.9 Å². The van der Waals surface area contributed by atoms with Crippen molar-refractivity contribution in [1.82, 2.24) is 0 Å². The molecule has 0 bridgehead atoms. The van der Waals surface area contributed by atoms with Gasteiger partial charge in [-0.05, 0) is 18.1 Å². The summed E-state index contributed by atoms with van der Waals surface area (Å²) in [5.74, 6) is -0.844. The van der Waals surface area contributed by atoms with Gasteiger partial charge in [-0.25, -0.2) is 0 Å². The number of nitrogens with zero attached hydrogens (tertiary/aromatic N) is 1. The summed E-state index contributed by atoms with van der Waals surface area (Å²) < 4.78 is 0. The van der Waals surface area contributed by atoms with E-state index in [2.05, 4.69) is 5.32 Å². The Kier molecular flexibility index (Phi) is 4.80. The molecule has 0 aliphatic heterocycles. The van der Waals surface area contributed by atoms with Crippen molar-refractivity contribution in [3.8, 4) is 6.07 Å². The summed E-state index contributed by atoms with van der Waals surface area (Å²) in [7, 11) is 0. The van der Waals surface area contributed by atoms with Gasteiger partial charge in [0.05, 0.1) is 16.3 Å². The first-order chi connectivity index (χ1) is 8.04. The first kappa shape index (κ1) is 13.3. The molecule has 0 aliphatic rings. The number of rotatable bonds is 5. The normalized spacial score (nSPS) is 11.6. The molecule has 1 rings (SSSR count). The van der Waals surface area contributed by atoms with Crippen LogP contribution in [0.15, 0.2) is 18.2 Å². The van der Waals surface area contributed by atoms with Crippen molar-refractivity contribution >= 4 is 23.3 Å². The summed E-state index contributed by atoms with van der Waals surface area (Å²) in [6.07, 6.45) is 0.0927. The monoisotopic (exact) mass is 252 g/mol. The molecule has 1 aromatic carbocycles. The fourth-order valence-electron chi connectivity index (χ4n) is 1.44. The summed E-state index contributed by atoms with van der Waals surface area (Å²) in [6, 6.07) is 7.15. The molecule has 1 aromatic rings. The zero-order chi connectivity index (χ0) is 12.8. The highest BCUT2D eigenvalue weighted by molar-refractivity contribution is 6.32. The van der Waals surface area contributed by atoms with Crippen LogP contribution < -0.4 is 5.32 Å². The molecular formula is C12H13ClN2O2.